The molecule has 108 valence electrons. The lowest BCUT2D eigenvalue weighted by molar-refractivity contribution is -0.135. The molecule has 0 bridgehead atoms. The predicted octanol–water partition coefficient (Wildman–Crippen LogP) is 3.15. The van der Waals surface area contributed by atoms with Crippen LogP contribution in [0.4, 0.5) is 4.79 Å². The molecule has 2 aliphatic carbocycles. The van der Waals surface area contributed by atoms with Gasteiger partial charge in [0.25, 0.3) is 0 Å². The van der Waals surface area contributed by atoms with Crippen LogP contribution in [0.1, 0.15) is 59.3 Å². The summed E-state index contributed by atoms with van der Waals surface area (Å²) >= 11 is 0. The van der Waals surface area contributed by atoms with Crippen LogP contribution in [0.15, 0.2) is 0 Å². The predicted molar refractivity (Wildman–Crippen MR) is 72.9 cm³/mol. The van der Waals surface area contributed by atoms with Crippen molar-refractivity contribution in [3.63, 3.8) is 0 Å². The summed E-state index contributed by atoms with van der Waals surface area (Å²) in [6.07, 6.45) is 5.39. The number of carbonyl (C=O) groups excluding carboxylic acids is 2. The lowest BCUT2D eigenvalue weighted by atomic mass is 9.59. The molecule has 1 amide bonds. The highest BCUT2D eigenvalue weighted by molar-refractivity contribution is 5.86. The van der Waals surface area contributed by atoms with E-state index in [1.165, 1.54) is 0 Å². The molecule has 2 aliphatic rings. The van der Waals surface area contributed by atoms with E-state index >= 15 is 0 Å². The lowest BCUT2D eigenvalue weighted by Crippen LogP contribution is -2.47. The zero-order valence-electron chi connectivity index (χ0n) is 12.5. The van der Waals surface area contributed by atoms with Gasteiger partial charge >= 0.3 is 6.09 Å². The Morgan fingerprint density at radius 3 is 2.21 bits per heavy atom. The fourth-order valence-corrected chi connectivity index (χ4v) is 3.22. The third kappa shape index (κ3) is 3.28. The van der Waals surface area contributed by atoms with Gasteiger partial charge in [0.1, 0.15) is 11.4 Å². The molecule has 0 aromatic rings. The molecule has 2 fully saturated rings. The van der Waals surface area contributed by atoms with Crippen LogP contribution in [0, 0.1) is 5.41 Å². The summed E-state index contributed by atoms with van der Waals surface area (Å²) in [6, 6.07) is 0.260. The topological polar surface area (TPSA) is 46.6 Å². The standard InChI is InChI=1S/C15H25NO3/c1-14(2,3)19-13(18)16(4)11-5-7-15(8-6-11)9-12(17)10-15/h11H,5-10H2,1-4H3. The Labute approximate surface area is 115 Å². The Kier molecular flexibility index (Phi) is 3.63. The first-order chi connectivity index (χ1) is 8.71. The highest BCUT2D eigenvalue weighted by Gasteiger charge is 2.46. The molecule has 0 aromatic heterocycles. The first kappa shape index (κ1) is 14.4. The Hall–Kier alpha value is -1.06. The fraction of sp³-hybridized carbons (Fsp3) is 0.867. The maximum absolute atomic E-state index is 12.0. The van der Waals surface area contributed by atoms with Gasteiger partial charge in [-0.25, -0.2) is 4.79 Å². The minimum Gasteiger partial charge on any atom is -0.444 e. The minimum atomic E-state index is -0.443. The van der Waals surface area contributed by atoms with E-state index in [1.54, 1.807) is 4.90 Å². The van der Waals surface area contributed by atoms with Crippen molar-refractivity contribution in [3.8, 4) is 0 Å². The molecule has 2 saturated carbocycles. The second-order valence-corrected chi connectivity index (χ2v) is 7.21. The van der Waals surface area contributed by atoms with Crippen molar-refractivity contribution in [2.45, 2.75) is 70.9 Å². The number of amides is 1. The normalized spacial score (nSPS) is 23.1. The van der Waals surface area contributed by atoms with Gasteiger partial charge in [0.05, 0.1) is 0 Å². The third-order valence-corrected chi connectivity index (χ3v) is 4.39. The van der Waals surface area contributed by atoms with Gasteiger partial charge < -0.3 is 9.64 Å². The van der Waals surface area contributed by atoms with Crippen LogP contribution in [0.5, 0.6) is 0 Å². The van der Waals surface area contributed by atoms with Crippen LogP contribution in [0.25, 0.3) is 0 Å². The molecule has 1 spiro atoms. The number of rotatable bonds is 1. The van der Waals surface area contributed by atoms with E-state index in [4.69, 9.17) is 4.74 Å². The first-order valence-corrected chi connectivity index (χ1v) is 7.18. The van der Waals surface area contributed by atoms with Crippen molar-refractivity contribution in [1.82, 2.24) is 4.90 Å². The molecule has 0 aromatic carbocycles. The number of hydrogen-bond acceptors (Lipinski definition) is 3. The van der Waals surface area contributed by atoms with Gasteiger partial charge in [-0.2, -0.15) is 0 Å². The van der Waals surface area contributed by atoms with E-state index in [-0.39, 0.29) is 17.6 Å². The van der Waals surface area contributed by atoms with Crippen LogP contribution in [-0.4, -0.2) is 35.5 Å². The average molecular weight is 267 g/mol. The summed E-state index contributed by atoms with van der Waals surface area (Å²) in [5, 5.41) is 0. The number of ketones is 1. The van der Waals surface area contributed by atoms with Gasteiger partial charge in [0.15, 0.2) is 0 Å². The van der Waals surface area contributed by atoms with Crippen LogP contribution in [-0.2, 0) is 9.53 Å². The van der Waals surface area contributed by atoms with E-state index in [9.17, 15) is 9.59 Å². The molecule has 0 atom stereocenters. The van der Waals surface area contributed by atoms with Crippen molar-refractivity contribution in [2.75, 3.05) is 7.05 Å². The van der Waals surface area contributed by atoms with Gasteiger partial charge in [-0.15, -0.1) is 0 Å². The molecule has 4 nitrogen and oxygen atoms in total. The van der Waals surface area contributed by atoms with Crippen LogP contribution >= 0.6 is 0 Å². The first-order valence-electron chi connectivity index (χ1n) is 7.18. The van der Waals surface area contributed by atoms with E-state index in [0.29, 0.717) is 5.78 Å². The quantitative estimate of drug-likeness (QED) is 0.733. The summed E-state index contributed by atoms with van der Waals surface area (Å²) in [7, 11) is 1.82. The Morgan fingerprint density at radius 2 is 1.79 bits per heavy atom. The largest absolute Gasteiger partial charge is 0.444 e. The van der Waals surface area contributed by atoms with Crippen molar-refractivity contribution in [2.24, 2.45) is 5.41 Å². The smallest absolute Gasteiger partial charge is 0.410 e. The average Bonchev–Trinajstić information content (AvgIpc) is 2.25. The van der Waals surface area contributed by atoms with E-state index in [0.717, 1.165) is 38.5 Å². The van der Waals surface area contributed by atoms with Gasteiger partial charge in [-0.3, -0.25) is 4.79 Å². The molecule has 19 heavy (non-hydrogen) atoms. The maximum atomic E-state index is 12.0. The zero-order chi connectivity index (χ0) is 14.3. The number of ether oxygens (including phenoxy) is 1. The van der Waals surface area contributed by atoms with Gasteiger partial charge in [-0.05, 0) is 51.9 Å². The lowest BCUT2D eigenvalue weighted by Gasteiger charge is -2.47. The van der Waals surface area contributed by atoms with Gasteiger partial charge in [0, 0.05) is 25.9 Å². The molecule has 4 heteroatoms. The summed E-state index contributed by atoms with van der Waals surface area (Å²) in [5.41, 5.74) is -0.163. The molecule has 0 aliphatic heterocycles. The summed E-state index contributed by atoms with van der Waals surface area (Å²) in [5.74, 6) is 0.402. The zero-order valence-corrected chi connectivity index (χ0v) is 12.5. The Morgan fingerprint density at radius 1 is 1.26 bits per heavy atom. The van der Waals surface area contributed by atoms with Crippen LogP contribution in [0.2, 0.25) is 0 Å². The summed E-state index contributed by atoms with van der Waals surface area (Å²) in [6.45, 7) is 5.65. The summed E-state index contributed by atoms with van der Waals surface area (Å²) in [4.78, 5) is 24.9. The molecular formula is C15H25NO3. The molecule has 0 radical (unpaired) electrons. The third-order valence-electron chi connectivity index (χ3n) is 4.39. The molecule has 0 heterocycles. The molecule has 0 unspecified atom stereocenters. The Bertz CT molecular complexity index is 365. The van der Waals surface area contributed by atoms with E-state index in [2.05, 4.69) is 0 Å². The second kappa shape index (κ2) is 4.80. The Balaban J connectivity index is 1.84. The second-order valence-electron chi connectivity index (χ2n) is 7.21. The van der Waals surface area contributed by atoms with Gasteiger partial charge in [-0.1, -0.05) is 0 Å². The number of Topliss-reactive ketones (excluding diaryl/α,β-unsaturated/α-hetero) is 1. The van der Waals surface area contributed by atoms with Crippen LogP contribution < -0.4 is 0 Å². The molecule has 0 saturated heterocycles. The van der Waals surface area contributed by atoms with Crippen molar-refractivity contribution < 1.29 is 14.3 Å². The number of hydrogen-bond donors (Lipinski definition) is 0. The molecule has 0 N–H and O–H groups in total. The maximum Gasteiger partial charge on any atom is 0.410 e. The van der Waals surface area contributed by atoms with Crippen LogP contribution in [0.3, 0.4) is 0 Å². The highest BCUT2D eigenvalue weighted by atomic mass is 16.6. The molecular weight excluding hydrogens is 242 g/mol. The fourth-order valence-electron chi connectivity index (χ4n) is 3.22. The SMILES string of the molecule is CN(C(=O)OC(C)(C)C)C1CCC2(CC1)CC(=O)C2. The van der Waals surface area contributed by atoms with Crippen molar-refractivity contribution in [1.29, 1.82) is 0 Å². The van der Waals surface area contributed by atoms with Crippen molar-refractivity contribution >= 4 is 11.9 Å². The van der Waals surface area contributed by atoms with Crippen molar-refractivity contribution in [3.05, 3.63) is 0 Å². The summed E-state index contributed by atoms with van der Waals surface area (Å²) < 4.78 is 5.39. The van der Waals surface area contributed by atoms with Gasteiger partial charge in [0.2, 0.25) is 0 Å². The number of carbonyl (C=O) groups is 2. The van der Waals surface area contributed by atoms with E-state index in [1.807, 2.05) is 27.8 Å². The monoisotopic (exact) mass is 267 g/mol. The number of nitrogens with zero attached hydrogens (tertiary/aromatic N) is 1. The van der Waals surface area contributed by atoms with E-state index < -0.39 is 5.60 Å². The minimum absolute atomic E-state index is 0.238. The highest BCUT2D eigenvalue weighted by Crippen LogP contribution is 2.50. The molecule has 2 rings (SSSR count).